The van der Waals surface area contributed by atoms with Gasteiger partial charge in [0.25, 0.3) is 0 Å². The Hall–Kier alpha value is -1.06. The summed E-state index contributed by atoms with van der Waals surface area (Å²) in [7, 11) is 1.65. The van der Waals surface area contributed by atoms with E-state index in [1.54, 1.807) is 7.11 Å². The molecule has 0 aliphatic carbocycles. The van der Waals surface area contributed by atoms with Crippen molar-refractivity contribution in [3.8, 4) is 5.75 Å². The molecule has 1 aromatic carbocycles. The summed E-state index contributed by atoms with van der Waals surface area (Å²) in [5.74, 6) is 1.44. The monoisotopic (exact) mass is 252 g/mol. The molecule has 1 rings (SSSR count). The quantitative estimate of drug-likeness (QED) is 0.810. The Bertz CT molecular complexity index is 361. The second-order valence-electron chi connectivity index (χ2n) is 5.06. The van der Waals surface area contributed by atoms with Crippen molar-refractivity contribution in [1.29, 1.82) is 0 Å². The SMILES string of the molecule is COc1ccc(CO)cc1COC(C)CC(C)C. The highest BCUT2D eigenvalue weighted by Gasteiger charge is 2.09. The minimum absolute atomic E-state index is 0.0402. The summed E-state index contributed by atoms with van der Waals surface area (Å²) in [4.78, 5) is 0. The first-order valence-electron chi connectivity index (χ1n) is 6.45. The van der Waals surface area contributed by atoms with E-state index in [1.807, 2.05) is 18.2 Å². The summed E-state index contributed by atoms with van der Waals surface area (Å²) >= 11 is 0. The molecule has 0 aliphatic heterocycles. The van der Waals surface area contributed by atoms with Crippen LogP contribution in [-0.2, 0) is 18.0 Å². The van der Waals surface area contributed by atoms with E-state index in [-0.39, 0.29) is 12.7 Å². The van der Waals surface area contributed by atoms with E-state index in [9.17, 15) is 0 Å². The van der Waals surface area contributed by atoms with Crippen molar-refractivity contribution in [3.05, 3.63) is 29.3 Å². The Morgan fingerprint density at radius 2 is 1.94 bits per heavy atom. The van der Waals surface area contributed by atoms with E-state index < -0.39 is 0 Å². The molecule has 0 radical (unpaired) electrons. The van der Waals surface area contributed by atoms with Crippen LogP contribution in [0.3, 0.4) is 0 Å². The third-order valence-electron chi connectivity index (χ3n) is 2.85. The highest BCUT2D eigenvalue weighted by molar-refractivity contribution is 5.36. The normalized spacial score (nSPS) is 12.8. The molecule has 1 unspecified atom stereocenters. The van der Waals surface area contributed by atoms with Crippen LogP contribution < -0.4 is 4.74 Å². The molecule has 0 amide bonds. The Kier molecular flexibility index (Phi) is 6.16. The van der Waals surface area contributed by atoms with Crippen LogP contribution in [0.2, 0.25) is 0 Å². The Morgan fingerprint density at radius 1 is 1.22 bits per heavy atom. The molecule has 0 fully saturated rings. The molecule has 0 saturated carbocycles. The summed E-state index contributed by atoms with van der Waals surface area (Å²) in [6, 6.07) is 5.66. The molecule has 0 bridgehead atoms. The summed E-state index contributed by atoms with van der Waals surface area (Å²) in [5, 5.41) is 9.14. The van der Waals surface area contributed by atoms with Crippen LogP contribution in [0.25, 0.3) is 0 Å². The van der Waals surface area contributed by atoms with Crippen LogP contribution in [0.15, 0.2) is 18.2 Å². The van der Waals surface area contributed by atoms with E-state index in [2.05, 4.69) is 20.8 Å². The second-order valence-corrected chi connectivity index (χ2v) is 5.06. The number of benzene rings is 1. The Morgan fingerprint density at radius 3 is 2.50 bits per heavy atom. The number of hydrogen-bond acceptors (Lipinski definition) is 3. The van der Waals surface area contributed by atoms with Crippen molar-refractivity contribution < 1.29 is 14.6 Å². The lowest BCUT2D eigenvalue weighted by molar-refractivity contribution is 0.0386. The van der Waals surface area contributed by atoms with Crippen molar-refractivity contribution in [3.63, 3.8) is 0 Å². The molecule has 1 atom stereocenters. The first-order chi connectivity index (χ1) is 8.56. The molecule has 18 heavy (non-hydrogen) atoms. The lowest BCUT2D eigenvalue weighted by Crippen LogP contribution is -2.11. The van der Waals surface area contributed by atoms with Crippen LogP contribution in [0.4, 0.5) is 0 Å². The van der Waals surface area contributed by atoms with Crippen molar-refractivity contribution >= 4 is 0 Å². The van der Waals surface area contributed by atoms with Crippen molar-refractivity contribution in [1.82, 2.24) is 0 Å². The van der Waals surface area contributed by atoms with Gasteiger partial charge in [-0.3, -0.25) is 0 Å². The number of aliphatic hydroxyl groups is 1. The van der Waals surface area contributed by atoms with Crippen molar-refractivity contribution in [2.24, 2.45) is 5.92 Å². The molecule has 102 valence electrons. The second kappa shape index (κ2) is 7.39. The predicted octanol–water partition coefficient (Wildman–Crippen LogP) is 3.14. The van der Waals surface area contributed by atoms with Crippen LogP contribution in [0.1, 0.15) is 38.3 Å². The fourth-order valence-electron chi connectivity index (χ4n) is 2.01. The maximum atomic E-state index is 9.14. The molecule has 0 spiro atoms. The van der Waals surface area contributed by atoms with Crippen LogP contribution in [0.5, 0.6) is 5.75 Å². The molecule has 1 aromatic rings. The molecule has 0 aliphatic rings. The van der Waals surface area contributed by atoms with E-state index in [0.717, 1.165) is 23.3 Å². The summed E-state index contributed by atoms with van der Waals surface area (Å²) < 4.78 is 11.1. The lowest BCUT2D eigenvalue weighted by atomic mass is 10.1. The first kappa shape index (κ1) is 15.0. The highest BCUT2D eigenvalue weighted by Crippen LogP contribution is 2.22. The molecular formula is C15H24O3. The van der Waals surface area contributed by atoms with Gasteiger partial charge < -0.3 is 14.6 Å². The summed E-state index contributed by atoms with van der Waals surface area (Å²) in [5.41, 5.74) is 1.87. The van der Waals surface area contributed by atoms with Crippen molar-refractivity contribution in [2.45, 2.75) is 46.5 Å². The van der Waals surface area contributed by atoms with Crippen LogP contribution >= 0.6 is 0 Å². The zero-order valence-corrected chi connectivity index (χ0v) is 11.8. The maximum absolute atomic E-state index is 9.14. The minimum atomic E-state index is 0.0402. The van der Waals surface area contributed by atoms with Gasteiger partial charge in [0.05, 0.1) is 26.4 Å². The maximum Gasteiger partial charge on any atom is 0.124 e. The standard InChI is InChI=1S/C15H24O3/c1-11(2)7-12(3)18-10-14-8-13(9-16)5-6-15(14)17-4/h5-6,8,11-12,16H,7,9-10H2,1-4H3. The molecular weight excluding hydrogens is 228 g/mol. The fraction of sp³-hybridized carbons (Fsp3) is 0.600. The molecule has 0 aromatic heterocycles. The van der Waals surface area contributed by atoms with E-state index >= 15 is 0 Å². The van der Waals surface area contributed by atoms with E-state index in [4.69, 9.17) is 14.6 Å². The fourth-order valence-corrected chi connectivity index (χ4v) is 2.01. The van der Waals surface area contributed by atoms with Gasteiger partial charge in [-0.1, -0.05) is 19.9 Å². The summed E-state index contributed by atoms with van der Waals surface area (Å²) in [6.07, 6.45) is 1.27. The van der Waals surface area contributed by atoms with Gasteiger partial charge in [-0.15, -0.1) is 0 Å². The van der Waals surface area contributed by atoms with Gasteiger partial charge in [0.2, 0.25) is 0 Å². The Balaban J connectivity index is 2.64. The van der Waals surface area contributed by atoms with Gasteiger partial charge in [0, 0.05) is 5.56 Å². The zero-order chi connectivity index (χ0) is 13.5. The van der Waals surface area contributed by atoms with Gasteiger partial charge in [0.1, 0.15) is 5.75 Å². The topological polar surface area (TPSA) is 38.7 Å². The Labute approximate surface area is 110 Å². The lowest BCUT2D eigenvalue weighted by Gasteiger charge is -2.17. The first-order valence-corrected chi connectivity index (χ1v) is 6.45. The van der Waals surface area contributed by atoms with Gasteiger partial charge >= 0.3 is 0 Å². The highest BCUT2D eigenvalue weighted by atomic mass is 16.5. The average Bonchev–Trinajstić information content (AvgIpc) is 2.35. The van der Waals surface area contributed by atoms with Crippen LogP contribution in [0, 0.1) is 5.92 Å². The largest absolute Gasteiger partial charge is 0.496 e. The number of aliphatic hydroxyl groups excluding tert-OH is 1. The third-order valence-corrected chi connectivity index (χ3v) is 2.85. The van der Waals surface area contributed by atoms with E-state index in [0.29, 0.717) is 12.5 Å². The van der Waals surface area contributed by atoms with Crippen molar-refractivity contribution in [2.75, 3.05) is 7.11 Å². The molecule has 0 saturated heterocycles. The van der Waals surface area contributed by atoms with Gasteiger partial charge in [-0.05, 0) is 37.0 Å². The van der Waals surface area contributed by atoms with Crippen LogP contribution in [-0.4, -0.2) is 18.3 Å². The van der Waals surface area contributed by atoms with Gasteiger partial charge in [0.15, 0.2) is 0 Å². The third kappa shape index (κ3) is 4.67. The molecule has 3 nitrogen and oxygen atoms in total. The minimum Gasteiger partial charge on any atom is -0.496 e. The number of ether oxygens (including phenoxy) is 2. The number of rotatable bonds is 7. The number of hydrogen-bond donors (Lipinski definition) is 1. The summed E-state index contributed by atoms with van der Waals surface area (Å²) in [6.45, 7) is 7.02. The van der Waals surface area contributed by atoms with E-state index in [1.165, 1.54) is 0 Å². The molecule has 1 N–H and O–H groups in total. The smallest absolute Gasteiger partial charge is 0.124 e. The zero-order valence-electron chi connectivity index (χ0n) is 11.8. The molecule has 0 heterocycles. The van der Waals surface area contributed by atoms with Gasteiger partial charge in [-0.2, -0.15) is 0 Å². The van der Waals surface area contributed by atoms with Gasteiger partial charge in [-0.25, -0.2) is 0 Å². The average molecular weight is 252 g/mol. The molecule has 3 heteroatoms. The number of methoxy groups -OCH3 is 1. The predicted molar refractivity (Wildman–Crippen MR) is 72.6 cm³/mol.